The Morgan fingerprint density at radius 1 is 1.26 bits per heavy atom. The van der Waals surface area contributed by atoms with Crippen LogP contribution in [0.2, 0.25) is 0 Å². The number of nitrogens with zero attached hydrogens (tertiary/aromatic N) is 1. The van der Waals surface area contributed by atoms with Crippen LogP contribution >= 0.6 is 0 Å². The van der Waals surface area contributed by atoms with E-state index >= 15 is 0 Å². The largest absolute Gasteiger partial charge is 0.493 e. The van der Waals surface area contributed by atoms with Crippen molar-refractivity contribution in [2.75, 3.05) is 19.7 Å². The Balaban J connectivity index is 1.75. The molecule has 3 rings (SSSR count). The molecule has 1 saturated heterocycles. The molecule has 0 amide bonds. The molecule has 3 nitrogen and oxygen atoms in total. The zero-order valence-corrected chi connectivity index (χ0v) is 11.3. The Bertz CT molecular complexity index is 446. The van der Waals surface area contributed by atoms with Crippen LogP contribution in [-0.2, 0) is 4.79 Å². The van der Waals surface area contributed by atoms with Gasteiger partial charge in [0.15, 0.2) is 0 Å². The predicted octanol–water partition coefficient (Wildman–Crippen LogP) is 2.61. The van der Waals surface area contributed by atoms with Crippen LogP contribution in [0.5, 0.6) is 5.75 Å². The van der Waals surface area contributed by atoms with E-state index in [9.17, 15) is 4.79 Å². The van der Waals surface area contributed by atoms with Crippen LogP contribution in [0.1, 0.15) is 37.2 Å². The Labute approximate surface area is 114 Å². The number of ether oxygens (including phenoxy) is 1. The first-order valence-electron chi connectivity index (χ1n) is 7.29. The number of benzene rings is 1. The quantitative estimate of drug-likeness (QED) is 0.781. The van der Waals surface area contributed by atoms with Crippen molar-refractivity contribution >= 4 is 6.29 Å². The molecule has 0 bridgehead atoms. The summed E-state index contributed by atoms with van der Waals surface area (Å²) in [7, 11) is 0. The van der Waals surface area contributed by atoms with Gasteiger partial charge in [0.1, 0.15) is 12.0 Å². The van der Waals surface area contributed by atoms with E-state index in [-0.39, 0.29) is 6.04 Å². The molecule has 2 atom stereocenters. The Kier molecular flexibility index (Phi) is 3.83. The summed E-state index contributed by atoms with van der Waals surface area (Å²) in [6.07, 6.45) is 5.61. The van der Waals surface area contributed by atoms with Crippen LogP contribution in [0.25, 0.3) is 0 Å². The molecule has 0 saturated carbocycles. The van der Waals surface area contributed by atoms with E-state index in [2.05, 4.69) is 23.1 Å². The van der Waals surface area contributed by atoms with Gasteiger partial charge in [-0.05, 0) is 37.4 Å². The minimum atomic E-state index is 0.128. The van der Waals surface area contributed by atoms with Crippen LogP contribution < -0.4 is 4.74 Å². The second-order valence-electron chi connectivity index (χ2n) is 5.57. The number of fused-ring (bicyclic) bond motifs is 1. The molecule has 2 unspecified atom stereocenters. The lowest BCUT2D eigenvalue weighted by atomic mass is 9.91. The van der Waals surface area contributed by atoms with Crippen molar-refractivity contribution in [3.63, 3.8) is 0 Å². The highest BCUT2D eigenvalue weighted by atomic mass is 16.5. The average molecular weight is 259 g/mol. The van der Waals surface area contributed by atoms with Gasteiger partial charge in [0.05, 0.1) is 12.6 Å². The molecule has 1 aromatic carbocycles. The summed E-state index contributed by atoms with van der Waals surface area (Å²) in [6.45, 7) is 2.84. The lowest BCUT2D eigenvalue weighted by Crippen LogP contribution is -2.43. The molecule has 0 N–H and O–H groups in total. The fourth-order valence-corrected chi connectivity index (χ4v) is 3.29. The van der Waals surface area contributed by atoms with Gasteiger partial charge in [-0.1, -0.05) is 24.6 Å². The van der Waals surface area contributed by atoms with Crippen LogP contribution in [0.3, 0.4) is 0 Å². The van der Waals surface area contributed by atoms with Gasteiger partial charge in [-0.3, -0.25) is 4.90 Å². The lowest BCUT2D eigenvalue weighted by molar-refractivity contribution is -0.113. The highest BCUT2D eigenvalue weighted by Gasteiger charge is 2.28. The van der Waals surface area contributed by atoms with Crippen LogP contribution in [0, 0.1) is 0 Å². The summed E-state index contributed by atoms with van der Waals surface area (Å²) in [5, 5.41) is 0. The number of hydrogen-bond acceptors (Lipinski definition) is 3. The number of likely N-dealkylation sites (tertiary alicyclic amines) is 1. The molecule has 2 aliphatic heterocycles. The van der Waals surface area contributed by atoms with Crippen molar-refractivity contribution in [2.45, 2.75) is 37.6 Å². The Morgan fingerprint density at radius 2 is 2.16 bits per heavy atom. The fraction of sp³-hybridized carbons (Fsp3) is 0.562. The van der Waals surface area contributed by atoms with Crippen molar-refractivity contribution in [3.8, 4) is 5.75 Å². The molecule has 1 fully saturated rings. The molecule has 0 spiro atoms. The third kappa shape index (κ3) is 2.66. The Morgan fingerprint density at radius 3 is 3.05 bits per heavy atom. The first kappa shape index (κ1) is 12.7. The average Bonchev–Trinajstić information content (AvgIpc) is 2.48. The highest BCUT2D eigenvalue weighted by Crippen LogP contribution is 2.34. The topological polar surface area (TPSA) is 29.5 Å². The van der Waals surface area contributed by atoms with Crippen molar-refractivity contribution in [1.82, 2.24) is 4.90 Å². The molecule has 0 aliphatic carbocycles. The molecule has 0 aromatic heterocycles. The van der Waals surface area contributed by atoms with Crippen LogP contribution in [-0.4, -0.2) is 36.9 Å². The smallest absolute Gasteiger partial charge is 0.137 e. The molecule has 102 valence electrons. The number of piperidine rings is 1. The number of carbonyl (C=O) groups is 1. The molecule has 19 heavy (non-hydrogen) atoms. The van der Waals surface area contributed by atoms with Crippen LogP contribution in [0.4, 0.5) is 0 Å². The molecule has 1 aromatic rings. The summed E-state index contributed by atoms with van der Waals surface area (Å²) in [4.78, 5) is 13.6. The minimum absolute atomic E-state index is 0.128. The number of aldehydes is 1. The standard InChI is InChI=1S/C16H21NO2/c18-12-14-5-3-4-9-17(14)11-13-8-10-19-16-7-2-1-6-15(13)16/h1-2,6-7,12-14H,3-5,8-11H2. The number of carbonyl (C=O) groups excluding carboxylic acids is 1. The molecule has 2 heterocycles. The first-order chi connectivity index (χ1) is 9.38. The molecule has 0 radical (unpaired) electrons. The zero-order valence-electron chi connectivity index (χ0n) is 11.3. The van der Waals surface area contributed by atoms with E-state index in [1.54, 1.807) is 0 Å². The maximum absolute atomic E-state index is 11.2. The summed E-state index contributed by atoms with van der Waals surface area (Å²) in [5.41, 5.74) is 1.31. The van der Waals surface area contributed by atoms with Gasteiger partial charge in [-0.25, -0.2) is 0 Å². The van der Waals surface area contributed by atoms with Gasteiger partial charge in [-0.15, -0.1) is 0 Å². The van der Waals surface area contributed by atoms with Crippen molar-refractivity contribution in [2.24, 2.45) is 0 Å². The van der Waals surface area contributed by atoms with E-state index < -0.39 is 0 Å². The Hall–Kier alpha value is -1.35. The minimum Gasteiger partial charge on any atom is -0.493 e. The third-order valence-corrected chi connectivity index (χ3v) is 4.36. The van der Waals surface area contributed by atoms with E-state index in [0.717, 1.165) is 44.6 Å². The molecule has 2 aliphatic rings. The normalized spacial score (nSPS) is 27.4. The van der Waals surface area contributed by atoms with E-state index in [1.807, 2.05) is 6.07 Å². The fourth-order valence-electron chi connectivity index (χ4n) is 3.29. The van der Waals surface area contributed by atoms with E-state index in [4.69, 9.17) is 4.74 Å². The maximum Gasteiger partial charge on any atom is 0.137 e. The summed E-state index contributed by atoms with van der Waals surface area (Å²) in [5.74, 6) is 1.53. The number of para-hydroxylation sites is 1. The number of rotatable bonds is 3. The summed E-state index contributed by atoms with van der Waals surface area (Å²) < 4.78 is 5.71. The third-order valence-electron chi connectivity index (χ3n) is 4.36. The van der Waals surface area contributed by atoms with Gasteiger partial charge in [0.25, 0.3) is 0 Å². The predicted molar refractivity (Wildman–Crippen MR) is 74.6 cm³/mol. The highest BCUT2D eigenvalue weighted by molar-refractivity contribution is 5.57. The monoisotopic (exact) mass is 259 g/mol. The van der Waals surface area contributed by atoms with Gasteiger partial charge >= 0.3 is 0 Å². The summed E-state index contributed by atoms with van der Waals surface area (Å²) in [6, 6.07) is 8.45. The first-order valence-corrected chi connectivity index (χ1v) is 7.29. The lowest BCUT2D eigenvalue weighted by Gasteiger charge is -2.36. The molecule has 3 heteroatoms. The maximum atomic E-state index is 11.2. The van der Waals surface area contributed by atoms with Gasteiger partial charge < -0.3 is 9.53 Å². The van der Waals surface area contributed by atoms with Crippen molar-refractivity contribution < 1.29 is 9.53 Å². The zero-order chi connectivity index (χ0) is 13.1. The van der Waals surface area contributed by atoms with Gasteiger partial charge in [0, 0.05) is 12.5 Å². The number of hydrogen-bond donors (Lipinski definition) is 0. The van der Waals surface area contributed by atoms with Crippen molar-refractivity contribution in [3.05, 3.63) is 29.8 Å². The SMILES string of the molecule is O=CC1CCCCN1CC1CCOc2ccccc21. The van der Waals surface area contributed by atoms with Gasteiger partial charge in [0.2, 0.25) is 0 Å². The molecular formula is C16H21NO2. The van der Waals surface area contributed by atoms with E-state index in [1.165, 1.54) is 18.4 Å². The van der Waals surface area contributed by atoms with E-state index in [0.29, 0.717) is 5.92 Å². The second kappa shape index (κ2) is 5.74. The molecular weight excluding hydrogens is 238 g/mol. The van der Waals surface area contributed by atoms with Crippen LogP contribution in [0.15, 0.2) is 24.3 Å². The van der Waals surface area contributed by atoms with Crippen molar-refractivity contribution in [1.29, 1.82) is 0 Å². The summed E-state index contributed by atoms with van der Waals surface area (Å²) >= 11 is 0. The second-order valence-corrected chi connectivity index (χ2v) is 5.57. The van der Waals surface area contributed by atoms with Gasteiger partial charge in [-0.2, -0.15) is 0 Å².